The van der Waals surface area contributed by atoms with Gasteiger partial charge in [-0.15, -0.1) is 0 Å². The number of nitrogens with two attached hydrogens (primary N) is 1. The summed E-state index contributed by atoms with van der Waals surface area (Å²) >= 11 is 0. The van der Waals surface area contributed by atoms with Crippen molar-refractivity contribution in [3.8, 4) is 0 Å². The third kappa shape index (κ3) is 4.91. The predicted molar refractivity (Wildman–Crippen MR) is 97.6 cm³/mol. The minimum Gasteiger partial charge on any atom is -0.397 e. The third-order valence-electron chi connectivity index (χ3n) is 4.75. The molecule has 3 nitrogen and oxygen atoms in total. The van der Waals surface area contributed by atoms with E-state index in [1.807, 2.05) is 0 Å². The molecule has 0 unspecified atom stereocenters. The summed E-state index contributed by atoms with van der Waals surface area (Å²) in [6, 6.07) is 6.69. The lowest BCUT2D eigenvalue weighted by molar-refractivity contribution is 0.280. The van der Waals surface area contributed by atoms with Crippen LogP contribution in [0.5, 0.6) is 0 Å². The summed E-state index contributed by atoms with van der Waals surface area (Å²) in [7, 11) is 0. The summed E-state index contributed by atoms with van der Waals surface area (Å²) in [4.78, 5) is 4.98. The molecule has 2 N–H and O–H groups in total. The van der Waals surface area contributed by atoms with Gasteiger partial charge in [0.1, 0.15) is 0 Å². The van der Waals surface area contributed by atoms with Gasteiger partial charge >= 0.3 is 0 Å². The number of nitrogens with zero attached hydrogens (tertiary/aromatic N) is 2. The van der Waals surface area contributed by atoms with Crippen molar-refractivity contribution in [1.82, 2.24) is 4.90 Å². The fourth-order valence-corrected chi connectivity index (χ4v) is 3.32. The van der Waals surface area contributed by atoms with Gasteiger partial charge in [0, 0.05) is 13.1 Å². The van der Waals surface area contributed by atoms with Crippen LogP contribution in [0.1, 0.15) is 51.5 Å². The van der Waals surface area contributed by atoms with E-state index in [4.69, 9.17) is 5.73 Å². The van der Waals surface area contributed by atoms with E-state index < -0.39 is 0 Å². The normalized spacial score (nSPS) is 15.0. The largest absolute Gasteiger partial charge is 0.397 e. The Kier molecular flexibility index (Phi) is 7.04. The molecule has 1 saturated heterocycles. The molecule has 1 aromatic carbocycles. The molecule has 1 fully saturated rings. The Morgan fingerprint density at radius 3 is 2.45 bits per heavy atom. The van der Waals surface area contributed by atoms with Gasteiger partial charge in [-0.1, -0.05) is 26.3 Å². The highest BCUT2D eigenvalue weighted by molar-refractivity contribution is 5.68. The Bertz CT molecular complexity index is 438. The van der Waals surface area contributed by atoms with E-state index in [0.717, 1.165) is 31.7 Å². The fraction of sp³-hybridized carbons (Fsp3) is 0.684. The molecule has 0 aliphatic carbocycles. The maximum Gasteiger partial charge on any atom is 0.0600 e. The number of hydrogen-bond donors (Lipinski definition) is 1. The molecule has 22 heavy (non-hydrogen) atoms. The standard InChI is InChI=1S/C19H33N3/c1-3-5-12-21(4-2)13-8-9-17-10-11-19(18(20)16-17)22-14-6-7-15-22/h10-11,16H,3-9,12-15,20H2,1-2H3. The Morgan fingerprint density at radius 2 is 1.82 bits per heavy atom. The van der Waals surface area contributed by atoms with Crippen LogP contribution in [0.15, 0.2) is 18.2 Å². The monoisotopic (exact) mass is 303 g/mol. The number of anilines is 2. The van der Waals surface area contributed by atoms with Crippen molar-refractivity contribution >= 4 is 11.4 Å². The Morgan fingerprint density at radius 1 is 1.09 bits per heavy atom. The Balaban J connectivity index is 1.81. The summed E-state index contributed by atoms with van der Waals surface area (Å²) < 4.78 is 0. The first-order valence-electron chi connectivity index (χ1n) is 9.10. The van der Waals surface area contributed by atoms with Crippen molar-refractivity contribution in [2.24, 2.45) is 0 Å². The second-order valence-electron chi connectivity index (χ2n) is 6.48. The quantitative estimate of drug-likeness (QED) is 0.702. The molecule has 1 aliphatic rings. The van der Waals surface area contributed by atoms with Crippen molar-refractivity contribution < 1.29 is 0 Å². The number of benzene rings is 1. The molecule has 0 spiro atoms. The van der Waals surface area contributed by atoms with E-state index in [-0.39, 0.29) is 0 Å². The average molecular weight is 303 g/mol. The van der Waals surface area contributed by atoms with Crippen LogP contribution in [0.4, 0.5) is 11.4 Å². The minimum atomic E-state index is 0.956. The van der Waals surface area contributed by atoms with Gasteiger partial charge in [0.2, 0.25) is 0 Å². The smallest absolute Gasteiger partial charge is 0.0600 e. The van der Waals surface area contributed by atoms with Gasteiger partial charge < -0.3 is 15.5 Å². The van der Waals surface area contributed by atoms with Crippen molar-refractivity contribution in [2.75, 3.05) is 43.4 Å². The molecular formula is C19H33N3. The van der Waals surface area contributed by atoms with E-state index in [2.05, 4.69) is 41.8 Å². The Labute approximate surface area is 136 Å². The number of hydrogen-bond acceptors (Lipinski definition) is 3. The Hall–Kier alpha value is -1.22. The van der Waals surface area contributed by atoms with Gasteiger partial charge in [0.25, 0.3) is 0 Å². The van der Waals surface area contributed by atoms with E-state index in [1.165, 1.54) is 56.4 Å². The molecule has 0 saturated carbocycles. The van der Waals surface area contributed by atoms with Crippen molar-refractivity contribution in [2.45, 2.75) is 52.4 Å². The van der Waals surface area contributed by atoms with Crippen LogP contribution in [0.2, 0.25) is 0 Å². The predicted octanol–water partition coefficient (Wildman–Crippen LogP) is 3.92. The van der Waals surface area contributed by atoms with Crippen molar-refractivity contribution in [3.05, 3.63) is 23.8 Å². The molecule has 0 radical (unpaired) electrons. The van der Waals surface area contributed by atoms with Crippen LogP contribution in [0.3, 0.4) is 0 Å². The van der Waals surface area contributed by atoms with Crippen LogP contribution in [-0.2, 0) is 6.42 Å². The molecule has 124 valence electrons. The van der Waals surface area contributed by atoms with Gasteiger partial charge in [-0.3, -0.25) is 0 Å². The summed E-state index contributed by atoms with van der Waals surface area (Å²) in [5.74, 6) is 0. The van der Waals surface area contributed by atoms with Crippen molar-refractivity contribution in [1.29, 1.82) is 0 Å². The SMILES string of the molecule is CCCCN(CC)CCCc1ccc(N2CCCC2)c(N)c1. The summed E-state index contributed by atoms with van der Waals surface area (Å²) in [6.45, 7) is 10.4. The molecule has 1 aliphatic heterocycles. The second-order valence-corrected chi connectivity index (χ2v) is 6.48. The highest BCUT2D eigenvalue weighted by Gasteiger charge is 2.14. The number of rotatable bonds is 9. The first-order valence-corrected chi connectivity index (χ1v) is 9.10. The topological polar surface area (TPSA) is 32.5 Å². The van der Waals surface area contributed by atoms with Crippen molar-refractivity contribution in [3.63, 3.8) is 0 Å². The lowest BCUT2D eigenvalue weighted by Gasteiger charge is -2.21. The maximum absolute atomic E-state index is 6.27. The molecular weight excluding hydrogens is 270 g/mol. The van der Waals surface area contributed by atoms with E-state index in [9.17, 15) is 0 Å². The molecule has 1 aromatic rings. The molecule has 2 rings (SSSR count). The number of unbranched alkanes of at least 4 members (excludes halogenated alkanes) is 1. The van der Waals surface area contributed by atoms with Crippen LogP contribution in [0, 0.1) is 0 Å². The van der Waals surface area contributed by atoms with Crippen LogP contribution < -0.4 is 10.6 Å². The molecule has 0 aromatic heterocycles. The van der Waals surface area contributed by atoms with Gasteiger partial charge in [0.05, 0.1) is 11.4 Å². The zero-order valence-electron chi connectivity index (χ0n) is 14.5. The summed E-state index contributed by atoms with van der Waals surface area (Å²) in [5.41, 5.74) is 9.85. The van der Waals surface area contributed by atoms with E-state index in [1.54, 1.807) is 0 Å². The van der Waals surface area contributed by atoms with Gasteiger partial charge in [-0.05, 0) is 69.4 Å². The lowest BCUT2D eigenvalue weighted by atomic mass is 10.1. The first kappa shape index (κ1) is 17.1. The second kappa shape index (κ2) is 9.04. The zero-order valence-corrected chi connectivity index (χ0v) is 14.5. The molecule has 0 bridgehead atoms. The van der Waals surface area contributed by atoms with E-state index >= 15 is 0 Å². The minimum absolute atomic E-state index is 0.956. The molecule has 3 heteroatoms. The first-order chi connectivity index (χ1) is 10.7. The number of aryl methyl sites for hydroxylation is 1. The summed E-state index contributed by atoms with van der Waals surface area (Å²) in [5, 5.41) is 0. The highest BCUT2D eigenvalue weighted by Crippen LogP contribution is 2.27. The van der Waals surface area contributed by atoms with Crippen LogP contribution >= 0.6 is 0 Å². The van der Waals surface area contributed by atoms with Crippen LogP contribution in [-0.4, -0.2) is 37.6 Å². The van der Waals surface area contributed by atoms with Gasteiger partial charge in [-0.25, -0.2) is 0 Å². The van der Waals surface area contributed by atoms with Gasteiger partial charge in [-0.2, -0.15) is 0 Å². The molecule has 0 atom stereocenters. The summed E-state index contributed by atoms with van der Waals surface area (Å²) in [6.07, 6.45) is 7.54. The third-order valence-corrected chi connectivity index (χ3v) is 4.75. The fourth-order valence-electron chi connectivity index (χ4n) is 3.32. The zero-order chi connectivity index (χ0) is 15.8. The van der Waals surface area contributed by atoms with Crippen LogP contribution in [0.25, 0.3) is 0 Å². The maximum atomic E-state index is 6.27. The highest BCUT2D eigenvalue weighted by atomic mass is 15.1. The van der Waals surface area contributed by atoms with E-state index in [0.29, 0.717) is 0 Å². The molecule has 1 heterocycles. The van der Waals surface area contributed by atoms with Gasteiger partial charge in [0.15, 0.2) is 0 Å². The number of nitrogen functional groups attached to an aromatic ring is 1. The lowest BCUT2D eigenvalue weighted by Crippen LogP contribution is -2.26. The molecule has 0 amide bonds. The average Bonchev–Trinajstić information content (AvgIpc) is 3.05.